The van der Waals surface area contributed by atoms with Crippen LogP contribution in [0.1, 0.15) is 54.7 Å². The zero-order chi connectivity index (χ0) is 18.6. The van der Waals surface area contributed by atoms with Crippen LogP contribution < -0.4 is 10.1 Å². The van der Waals surface area contributed by atoms with Gasteiger partial charge in [0.25, 0.3) is 5.91 Å². The maximum absolute atomic E-state index is 12.8. The molecule has 0 atom stereocenters. The molecule has 1 aromatic carbocycles. The van der Waals surface area contributed by atoms with E-state index in [-0.39, 0.29) is 5.91 Å². The molecule has 1 aliphatic rings. The van der Waals surface area contributed by atoms with Gasteiger partial charge < -0.3 is 19.7 Å². The summed E-state index contributed by atoms with van der Waals surface area (Å²) >= 11 is 0. The van der Waals surface area contributed by atoms with Gasteiger partial charge in [-0.05, 0) is 31.0 Å². The van der Waals surface area contributed by atoms with E-state index in [9.17, 15) is 9.59 Å². The lowest BCUT2D eigenvalue weighted by Gasteiger charge is -2.26. The molecular weight excluding hydrogens is 338 g/mol. The molecule has 0 aliphatic heterocycles. The summed E-state index contributed by atoms with van der Waals surface area (Å²) in [4.78, 5) is 27.8. The van der Waals surface area contributed by atoms with Crippen molar-refractivity contribution in [1.82, 2.24) is 15.5 Å². The van der Waals surface area contributed by atoms with E-state index >= 15 is 0 Å². The van der Waals surface area contributed by atoms with Crippen LogP contribution in [0.15, 0.2) is 28.8 Å². The van der Waals surface area contributed by atoms with Crippen LogP contribution in [0.3, 0.4) is 0 Å². The van der Waals surface area contributed by atoms with Crippen molar-refractivity contribution < 1.29 is 24.0 Å². The van der Waals surface area contributed by atoms with Crippen molar-refractivity contribution in [3.63, 3.8) is 0 Å². The Hall–Kier alpha value is -2.90. The third-order valence-electron chi connectivity index (χ3n) is 4.47. The molecule has 138 valence electrons. The minimum Gasteiger partial charge on any atom is -0.482 e. The summed E-state index contributed by atoms with van der Waals surface area (Å²) in [5.41, 5.74) is -0.246. The molecular formula is C18H21N3O5. The summed E-state index contributed by atoms with van der Waals surface area (Å²) in [6.07, 6.45) is 4.07. The fourth-order valence-electron chi connectivity index (χ4n) is 3.14. The molecule has 1 saturated carbocycles. The Kier molecular flexibility index (Phi) is 5.20. The molecule has 1 fully saturated rings. The van der Waals surface area contributed by atoms with Crippen molar-refractivity contribution in [2.24, 2.45) is 0 Å². The van der Waals surface area contributed by atoms with Gasteiger partial charge in [0, 0.05) is 12.0 Å². The van der Waals surface area contributed by atoms with Crippen LogP contribution in [0, 0.1) is 0 Å². The summed E-state index contributed by atoms with van der Waals surface area (Å²) in [5.74, 6) is 0.0283. The lowest BCUT2D eigenvalue weighted by Crippen LogP contribution is -2.44. The lowest BCUT2D eigenvalue weighted by molar-refractivity contribution is -0.139. The number of carbonyl (C=O) groups is 2. The Morgan fingerprint density at radius 1 is 1.35 bits per heavy atom. The summed E-state index contributed by atoms with van der Waals surface area (Å²) in [6, 6.07) is 6.43. The molecule has 2 aromatic rings. The van der Waals surface area contributed by atoms with E-state index in [0.29, 0.717) is 29.4 Å². The van der Waals surface area contributed by atoms with Gasteiger partial charge in [-0.3, -0.25) is 4.79 Å². The van der Waals surface area contributed by atoms with E-state index in [2.05, 4.69) is 15.5 Å². The Bertz CT molecular complexity index is 796. The predicted octanol–water partition coefficient (Wildman–Crippen LogP) is 2.29. The molecule has 1 aliphatic carbocycles. The first-order valence-corrected chi connectivity index (χ1v) is 8.62. The van der Waals surface area contributed by atoms with Crippen molar-refractivity contribution in [1.29, 1.82) is 0 Å². The number of aryl methyl sites for hydroxylation is 1. The van der Waals surface area contributed by atoms with Crippen molar-refractivity contribution in [3.8, 4) is 5.75 Å². The van der Waals surface area contributed by atoms with Crippen LogP contribution in [0.5, 0.6) is 5.75 Å². The number of aromatic nitrogens is 2. The number of aliphatic carboxylic acids is 1. The van der Waals surface area contributed by atoms with Gasteiger partial charge in [0.1, 0.15) is 11.3 Å². The largest absolute Gasteiger partial charge is 0.482 e. The van der Waals surface area contributed by atoms with Gasteiger partial charge >= 0.3 is 5.97 Å². The van der Waals surface area contributed by atoms with Crippen LogP contribution in [0.4, 0.5) is 0 Å². The summed E-state index contributed by atoms with van der Waals surface area (Å²) in [7, 11) is 0. The van der Waals surface area contributed by atoms with E-state index in [4.69, 9.17) is 14.4 Å². The van der Waals surface area contributed by atoms with Crippen LogP contribution in [-0.2, 0) is 16.8 Å². The third-order valence-corrected chi connectivity index (χ3v) is 4.47. The second-order valence-corrected chi connectivity index (χ2v) is 6.32. The fourth-order valence-corrected chi connectivity index (χ4v) is 3.14. The smallest absolute Gasteiger partial charge is 0.341 e. The summed E-state index contributed by atoms with van der Waals surface area (Å²) < 4.78 is 10.4. The number of carbonyl (C=O) groups excluding carboxylic acids is 1. The number of nitrogens with one attached hydrogen (secondary N) is 1. The highest BCUT2D eigenvalue weighted by atomic mass is 16.5. The highest BCUT2D eigenvalue weighted by molar-refractivity contribution is 5.95. The second kappa shape index (κ2) is 7.55. The van der Waals surface area contributed by atoms with Crippen LogP contribution >= 0.6 is 0 Å². The van der Waals surface area contributed by atoms with Gasteiger partial charge in [-0.2, -0.15) is 4.98 Å². The van der Waals surface area contributed by atoms with E-state index in [0.717, 1.165) is 25.7 Å². The summed E-state index contributed by atoms with van der Waals surface area (Å²) in [5, 5.41) is 15.8. The van der Waals surface area contributed by atoms with Gasteiger partial charge in [0.15, 0.2) is 12.4 Å². The molecule has 0 saturated heterocycles. The minimum absolute atomic E-state index is 0.282. The minimum atomic E-state index is -1.08. The Morgan fingerprint density at radius 3 is 2.77 bits per heavy atom. The number of ether oxygens (including phenoxy) is 1. The number of carboxylic acids is 1. The Balaban J connectivity index is 1.78. The standard InChI is InChI=1S/C18H21N3O5/c1-2-14-19-17(21-26-14)18(8-3-4-9-18)20-16(24)12-6-5-7-13(10-12)25-11-15(22)23/h5-7,10H,2-4,8-9,11H2,1H3,(H,20,24)(H,22,23). The SMILES string of the molecule is CCc1nc(C2(NC(=O)c3cccc(OCC(=O)O)c3)CCCC2)no1. The number of nitrogens with zero attached hydrogens (tertiary/aromatic N) is 2. The lowest BCUT2D eigenvalue weighted by atomic mass is 9.96. The number of carboxylic acid groups (broad SMARTS) is 1. The first-order valence-electron chi connectivity index (χ1n) is 8.62. The normalized spacial score (nSPS) is 15.6. The summed E-state index contributed by atoms with van der Waals surface area (Å²) in [6.45, 7) is 1.47. The molecule has 8 nitrogen and oxygen atoms in total. The first-order chi connectivity index (χ1) is 12.5. The molecule has 2 N–H and O–H groups in total. The van der Waals surface area contributed by atoms with Crippen molar-refractivity contribution in [3.05, 3.63) is 41.5 Å². The zero-order valence-electron chi connectivity index (χ0n) is 14.5. The molecule has 0 spiro atoms. The second-order valence-electron chi connectivity index (χ2n) is 6.32. The maximum Gasteiger partial charge on any atom is 0.341 e. The predicted molar refractivity (Wildman–Crippen MR) is 90.9 cm³/mol. The number of hydrogen-bond donors (Lipinski definition) is 2. The van der Waals surface area contributed by atoms with Gasteiger partial charge in [-0.15, -0.1) is 0 Å². The average molecular weight is 359 g/mol. The van der Waals surface area contributed by atoms with Gasteiger partial charge in [0.2, 0.25) is 5.89 Å². The van der Waals surface area contributed by atoms with E-state index in [1.165, 1.54) is 6.07 Å². The van der Waals surface area contributed by atoms with Crippen molar-refractivity contribution in [2.75, 3.05) is 6.61 Å². The number of benzene rings is 1. The third kappa shape index (κ3) is 3.84. The molecule has 0 unspecified atom stereocenters. The number of hydrogen-bond acceptors (Lipinski definition) is 6. The van der Waals surface area contributed by atoms with E-state index in [1.807, 2.05) is 6.92 Å². The van der Waals surface area contributed by atoms with Gasteiger partial charge in [-0.25, -0.2) is 4.79 Å². The van der Waals surface area contributed by atoms with E-state index in [1.54, 1.807) is 18.2 Å². The molecule has 0 radical (unpaired) electrons. The van der Waals surface area contributed by atoms with Crippen LogP contribution in [0.2, 0.25) is 0 Å². The molecule has 1 aromatic heterocycles. The molecule has 26 heavy (non-hydrogen) atoms. The Labute approximate surface area is 150 Å². The molecule has 8 heteroatoms. The Morgan fingerprint density at radius 2 is 2.12 bits per heavy atom. The molecule has 3 rings (SSSR count). The molecule has 0 bridgehead atoms. The van der Waals surface area contributed by atoms with Gasteiger partial charge in [0.05, 0.1) is 0 Å². The number of amides is 1. The van der Waals surface area contributed by atoms with Gasteiger partial charge in [-0.1, -0.05) is 31.0 Å². The first kappa shape index (κ1) is 17.9. The van der Waals surface area contributed by atoms with Crippen molar-refractivity contribution >= 4 is 11.9 Å². The van der Waals surface area contributed by atoms with Crippen LogP contribution in [0.25, 0.3) is 0 Å². The molecule has 1 heterocycles. The number of rotatable bonds is 7. The highest BCUT2D eigenvalue weighted by Gasteiger charge is 2.41. The quantitative estimate of drug-likeness (QED) is 0.779. The van der Waals surface area contributed by atoms with E-state index < -0.39 is 18.1 Å². The van der Waals surface area contributed by atoms with Crippen molar-refractivity contribution in [2.45, 2.75) is 44.6 Å². The van der Waals surface area contributed by atoms with Crippen LogP contribution in [-0.4, -0.2) is 33.7 Å². The highest BCUT2D eigenvalue weighted by Crippen LogP contribution is 2.37. The topological polar surface area (TPSA) is 115 Å². The monoisotopic (exact) mass is 359 g/mol. The zero-order valence-corrected chi connectivity index (χ0v) is 14.5. The average Bonchev–Trinajstić information content (AvgIpc) is 3.30. The fraction of sp³-hybridized carbons (Fsp3) is 0.444. The molecule has 1 amide bonds. The maximum atomic E-state index is 12.8.